The van der Waals surface area contributed by atoms with Gasteiger partial charge in [0, 0.05) is 6.54 Å². The summed E-state index contributed by atoms with van der Waals surface area (Å²) in [4.78, 5) is 34.4. The third-order valence-corrected chi connectivity index (χ3v) is 2.30. The number of hydrogen-bond donors (Lipinski definition) is 2. The van der Waals surface area contributed by atoms with Crippen molar-refractivity contribution in [3.63, 3.8) is 0 Å². The molecule has 2 N–H and O–H groups in total. The molecule has 2 amide bonds. The van der Waals surface area contributed by atoms with Gasteiger partial charge in [-0.05, 0) is 0 Å². The van der Waals surface area contributed by atoms with Gasteiger partial charge in [0.15, 0.2) is 0 Å². The molecule has 1 aliphatic heterocycles. The molecule has 96 valence electrons. The van der Waals surface area contributed by atoms with E-state index in [0.29, 0.717) is 13.2 Å². The van der Waals surface area contributed by atoms with Crippen molar-refractivity contribution in [3.8, 4) is 0 Å². The van der Waals surface area contributed by atoms with E-state index in [0.717, 1.165) is 7.11 Å². The molecule has 1 heterocycles. The Morgan fingerprint density at radius 1 is 1.53 bits per heavy atom. The van der Waals surface area contributed by atoms with Crippen molar-refractivity contribution in [3.05, 3.63) is 0 Å². The van der Waals surface area contributed by atoms with E-state index >= 15 is 0 Å². The molecular formula is C9H14N2O6. The molecule has 0 aromatic rings. The van der Waals surface area contributed by atoms with E-state index < -0.39 is 24.0 Å². The Labute approximate surface area is 97.5 Å². The van der Waals surface area contributed by atoms with Gasteiger partial charge in [0.25, 0.3) is 0 Å². The molecule has 8 heteroatoms. The number of nitrogens with zero attached hydrogens (tertiary/aromatic N) is 1. The first kappa shape index (κ1) is 13.4. The van der Waals surface area contributed by atoms with Gasteiger partial charge in [-0.3, -0.25) is 19.8 Å². The first-order valence-electron chi connectivity index (χ1n) is 4.97. The van der Waals surface area contributed by atoms with Gasteiger partial charge in [-0.2, -0.15) is 0 Å². The van der Waals surface area contributed by atoms with Crippen LogP contribution in [-0.4, -0.2) is 67.4 Å². The summed E-state index contributed by atoms with van der Waals surface area (Å²) in [5.74, 6) is -1.67. The zero-order chi connectivity index (χ0) is 12.8. The maximum atomic E-state index is 11.4. The molecule has 1 rings (SSSR count). The van der Waals surface area contributed by atoms with Crippen molar-refractivity contribution in [2.75, 3.05) is 33.4 Å². The minimum absolute atomic E-state index is 0.0286. The van der Waals surface area contributed by atoms with Gasteiger partial charge < -0.3 is 14.6 Å². The normalized spacial score (nSPS) is 20.6. The molecule has 17 heavy (non-hydrogen) atoms. The molecule has 1 atom stereocenters. The molecule has 1 unspecified atom stereocenters. The van der Waals surface area contributed by atoms with Crippen LogP contribution in [-0.2, 0) is 19.1 Å². The van der Waals surface area contributed by atoms with Crippen molar-refractivity contribution in [2.24, 2.45) is 0 Å². The van der Waals surface area contributed by atoms with Crippen LogP contribution >= 0.6 is 0 Å². The van der Waals surface area contributed by atoms with Crippen LogP contribution in [0.3, 0.4) is 0 Å². The van der Waals surface area contributed by atoms with Crippen LogP contribution in [0, 0.1) is 0 Å². The van der Waals surface area contributed by atoms with E-state index in [9.17, 15) is 14.4 Å². The summed E-state index contributed by atoms with van der Waals surface area (Å²) >= 11 is 0. The molecule has 0 radical (unpaired) electrons. The van der Waals surface area contributed by atoms with Gasteiger partial charge in [0.1, 0.15) is 6.04 Å². The predicted octanol–water partition coefficient (Wildman–Crippen LogP) is -1.35. The van der Waals surface area contributed by atoms with E-state index in [-0.39, 0.29) is 13.2 Å². The number of imide groups is 1. The second-order valence-electron chi connectivity index (χ2n) is 3.44. The first-order chi connectivity index (χ1) is 8.04. The highest BCUT2D eigenvalue weighted by atomic mass is 16.5. The van der Waals surface area contributed by atoms with E-state index in [2.05, 4.69) is 4.74 Å². The van der Waals surface area contributed by atoms with Crippen molar-refractivity contribution < 1.29 is 29.0 Å². The summed E-state index contributed by atoms with van der Waals surface area (Å²) in [5.41, 5.74) is 0. The minimum atomic E-state index is -1.06. The Morgan fingerprint density at radius 2 is 2.24 bits per heavy atom. The maximum absolute atomic E-state index is 11.4. The SMILES string of the molecule is COC(=O)NC(=O)CN1CCOCC1C(=O)O. The Kier molecular flexibility index (Phi) is 4.85. The molecule has 0 aromatic carbocycles. The monoisotopic (exact) mass is 246 g/mol. The molecule has 0 spiro atoms. The molecule has 1 aliphatic rings. The number of methoxy groups -OCH3 is 1. The third kappa shape index (κ3) is 4.00. The topological polar surface area (TPSA) is 105 Å². The summed E-state index contributed by atoms with van der Waals surface area (Å²) in [6.07, 6.45) is -0.866. The number of nitrogens with one attached hydrogen (secondary N) is 1. The summed E-state index contributed by atoms with van der Waals surface area (Å²) < 4.78 is 9.27. The quantitative estimate of drug-likeness (QED) is 0.634. The fraction of sp³-hybridized carbons (Fsp3) is 0.667. The highest BCUT2D eigenvalue weighted by molar-refractivity contribution is 5.93. The summed E-state index contributed by atoms with van der Waals surface area (Å²) in [6.45, 7) is 0.525. The molecule has 0 bridgehead atoms. The van der Waals surface area contributed by atoms with E-state index in [4.69, 9.17) is 9.84 Å². The number of alkyl carbamates (subject to hydrolysis) is 1. The number of carboxylic acid groups (broad SMARTS) is 1. The van der Waals surface area contributed by atoms with E-state index in [1.807, 2.05) is 5.32 Å². The lowest BCUT2D eigenvalue weighted by molar-refractivity contribution is -0.150. The standard InChI is InChI=1S/C9H14N2O6/c1-16-9(15)10-7(12)4-11-2-3-17-5-6(11)8(13)14/h6H,2-5H2,1H3,(H,13,14)(H,10,12,15). The molecule has 8 nitrogen and oxygen atoms in total. The van der Waals surface area contributed by atoms with Crippen LogP contribution in [0.1, 0.15) is 0 Å². The largest absolute Gasteiger partial charge is 0.480 e. The Balaban J connectivity index is 2.50. The number of rotatable bonds is 3. The second kappa shape index (κ2) is 6.16. The first-order valence-corrected chi connectivity index (χ1v) is 4.97. The molecule has 0 aromatic heterocycles. The second-order valence-corrected chi connectivity index (χ2v) is 3.44. The Hall–Kier alpha value is -1.67. The van der Waals surface area contributed by atoms with Gasteiger partial charge >= 0.3 is 12.1 Å². The highest BCUT2D eigenvalue weighted by Gasteiger charge is 2.30. The van der Waals surface area contributed by atoms with Crippen molar-refractivity contribution >= 4 is 18.0 Å². The Bertz CT molecular complexity index is 319. The number of aliphatic carboxylic acids is 1. The summed E-state index contributed by atoms with van der Waals surface area (Å²) in [5, 5.41) is 10.9. The van der Waals surface area contributed by atoms with Crippen LogP contribution in [0.15, 0.2) is 0 Å². The van der Waals surface area contributed by atoms with Gasteiger partial charge in [-0.15, -0.1) is 0 Å². The number of morpholine rings is 1. The number of carbonyl (C=O) groups excluding carboxylic acids is 2. The Morgan fingerprint density at radius 3 is 2.82 bits per heavy atom. The smallest absolute Gasteiger partial charge is 0.413 e. The molecule has 1 saturated heterocycles. The molecular weight excluding hydrogens is 232 g/mol. The lowest BCUT2D eigenvalue weighted by atomic mass is 10.2. The fourth-order valence-electron chi connectivity index (χ4n) is 1.44. The summed E-state index contributed by atoms with van der Waals surface area (Å²) in [7, 11) is 1.14. The van der Waals surface area contributed by atoms with Gasteiger partial charge in [-0.25, -0.2) is 4.79 Å². The fourth-order valence-corrected chi connectivity index (χ4v) is 1.44. The van der Waals surface area contributed by atoms with Crippen LogP contribution in [0.5, 0.6) is 0 Å². The molecule has 0 aliphatic carbocycles. The predicted molar refractivity (Wildman–Crippen MR) is 54.4 cm³/mol. The average Bonchev–Trinajstić information content (AvgIpc) is 2.29. The summed E-state index contributed by atoms with van der Waals surface area (Å²) in [6, 6.07) is -0.868. The zero-order valence-electron chi connectivity index (χ0n) is 9.34. The molecule has 1 fully saturated rings. The molecule has 0 saturated carbocycles. The van der Waals surface area contributed by atoms with Crippen LogP contribution in [0.25, 0.3) is 0 Å². The number of ether oxygens (including phenoxy) is 2. The van der Waals surface area contributed by atoms with Crippen molar-refractivity contribution in [1.29, 1.82) is 0 Å². The van der Waals surface area contributed by atoms with Crippen LogP contribution in [0.4, 0.5) is 4.79 Å². The zero-order valence-corrected chi connectivity index (χ0v) is 9.34. The van der Waals surface area contributed by atoms with Crippen LogP contribution in [0.2, 0.25) is 0 Å². The number of carbonyl (C=O) groups is 3. The third-order valence-electron chi connectivity index (χ3n) is 2.30. The van der Waals surface area contributed by atoms with E-state index in [1.165, 1.54) is 4.90 Å². The van der Waals surface area contributed by atoms with Gasteiger partial charge in [0.05, 0.1) is 26.9 Å². The highest BCUT2D eigenvalue weighted by Crippen LogP contribution is 2.06. The van der Waals surface area contributed by atoms with Crippen molar-refractivity contribution in [1.82, 2.24) is 10.2 Å². The average molecular weight is 246 g/mol. The van der Waals surface area contributed by atoms with Gasteiger partial charge in [-0.1, -0.05) is 0 Å². The van der Waals surface area contributed by atoms with Crippen LogP contribution < -0.4 is 5.32 Å². The van der Waals surface area contributed by atoms with E-state index in [1.54, 1.807) is 0 Å². The lowest BCUT2D eigenvalue weighted by Gasteiger charge is -2.31. The lowest BCUT2D eigenvalue weighted by Crippen LogP contribution is -2.53. The maximum Gasteiger partial charge on any atom is 0.413 e. The van der Waals surface area contributed by atoms with Crippen molar-refractivity contribution in [2.45, 2.75) is 6.04 Å². The number of amides is 2. The minimum Gasteiger partial charge on any atom is -0.480 e. The number of hydrogen-bond acceptors (Lipinski definition) is 6. The van der Waals surface area contributed by atoms with Gasteiger partial charge in [0.2, 0.25) is 5.91 Å². The number of carboxylic acids is 1.